The minimum atomic E-state index is 0.536. The van der Waals surface area contributed by atoms with E-state index < -0.39 is 0 Å². The second-order valence-corrected chi connectivity index (χ2v) is 4.07. The van der Waals surface area contributed by atoms with Gasteiger partial charge in [0.1, 0.15) is 0 Å². The quantitative estimate of drug-likeness (QED) is 0.687. The van der Waals surface area contributed by atoms with Crippen LogP contribution >= 0.6 is 0 Å². The minimum absolute atomic E-state index is 0.536. The van der Waals surface area contributed by atoms with Gasteiger partial charge in [-0.2, -0.15) is 0 Å². The van der Waals surface area contributed by atoms with Crippen LogP contribution in [-0.4, -0.2) is 12.6 Å². The van der Waals surface area contributed by atoms with Crippen molar-refractivity contribution in [3.8, 4) is 0 Å². The first-order valence-corrected chi connectivity index (χ1v) is 5.25. The van der Waals surface area contributed by atoms with E-state index in [1.165, 1.54) is 5.57 Å². The second-order valence-electron chi connectivity index (χ2n) is 4.07. The highest BCUT2D eigenvalue weighted by atomic mass is 14.9. The van der Waals surface area contributed by atoms with Crippen LogP contribution in [0.15, 0.2) is 23.8 Å². The Morgan fingerprint density at radius 3 is 2.69 bits per heavy atom. The summed E-state index contributed by atoms with van der Waals surface area (Å²) in [6, 6.07) is 0.536. The zero-order chi connectivity index (χ0) is 9.84. The van der Waals surface area contributed by atoms with E-state index in [1.54, 1.807) is 0 Å². The molecular weight excluding hydrogens is 158 g/mol. The molecule has 74 valence electrons. The lowest BCUT2D eigenvalue weighted by atomic mass is 9.89. The molecule has 0 saturated carbocycles. The average molecular weight is 179 g/mol. The van der Waals surface area contributed by atoms with Gasteiger partial charge in [-0.15, -0.1) is 0 Å². The van der Waals surface area contributed by atoms with Crippen LogP contribution in [0.5, 0.6) is 0 Å². The predicted octanol–water partition coefficient (Wildman–Crippen LogP) is 2.75. The van der Waals surface area contributed by atoms with Crippen molar-refractivity contribution < 1.29 is 0 Å². The third kappa shape index (κ3) is 2.70. The first-order chi connectivity index (χ1) is 6.15. The van der Waals surface area contributed by atoms with E-state index in [4.69, 9.17) is 0 Å². The Labute approximate surface area is 81.9 Å². The van der Waals surface area contributed by atoms with Gasteiger partial charge in [0, 0.05) is 6.04 Å². The standard InChI is InChI=1S/C12H21N/c1-5-13-12-7-6-9(2)8-10(3)11(12)4/h6-8,10-13H,5H2,1-4H3/t10-,11?,12?/m0/s1. The fourth-order valence-electron chi connectivity index (χ4n) is 1.87. The van der Waals surface area contributed by atoms with Crippen molar-refractivity contribution in [3.63, 3.8) is 0 Å². The molecule has 0 radical (unpaired) electrons. The van der Waals surface area contributed by atoms with Crippen LogP contribution < -0.4 is 5.32 Å². The van der Waals surface area contributed by atoms with Crippen molar-refractivity contribution in [1.29, 1.82) is 0 Å². The Bertz CT molecular complexity index is 215. The summed E-state index contributed by atoms with van der Waals surface area (Å²) in [5.74, 6) is 1.35. The SMILES string of the molecule is CCNC1C=CC(C)=C[C@H](C)C1C. The summed E-state index contributed by atoms with van der Waals surface area (Å²) in [7, 11) is 0. The molecule has 1 rings (SSSR count). The Morgan fingerprint density at radius 1 is 1.38 bits per heavy atom. The lowest BCUT2D eigenvalue weighted by Crippen LogP contribution is -2.35. The zero-order valence-electron chi connectivity index (χ0n) is 9.17. The monoisotopic (exact) mass is 179 g/mol. The first kappa shape index (κ1) is 10.5. The van der Waals surface area contributed by atoms with Gasteiger partial charge >= 0.3 is 0 Å². The summed E-state index contributed by atoms with van der Waals surface area (Å²) in [4.78, 5) is 0. The van der Waals surface area contributed by atoms with Gasteiger partial charge in [-0.05, 0) is 25.3 Å². The number of hydrogen-bond donors (Lipinski definition) is 1. The molecule has 1 aliphatic carbocycles. The summed E-state index contributed by atoms with van der Waals surface area (Å²) in [5.41, 5.74) is 1.39. The molecule has 0 spiro atoms. The molecule has 1 nitrogen and oxygen atoms in total. The molecule has 2 unspecified atom stereocenters. The minimum Gasteiger partial charge on any atom is -0.310 e. The maximum absolute atomic E-state index is 3.51. The predicted molar refractivity (Wildman–Crippen MR) is 58.7 cm³/mol. The third-order valence-electron chi connectivity index (χ3n) is 2.93. The van der Waals surface area contributed by atoms with Gasteiger partial charge < -0.3 is 5.32 Å². The van der Waals surface area contributed by atoms with Gasteiger partial charge in [0.25, 0.3) is 0 Å². The number of likely N-dealkylation sites (N-methyl/N-ethyl adjacent to an activating group) is 1. The van der Waals surface area contributed by atoms with Crippen LogP contribution in [0, 0.1) is 11.8 Å². The molecule has 1 N–H and O–H groups in total. The number of rotatable bonds is 2. The molecule has 0 saturated heterocycles. The molecule has 1 heteroatoms. The number of hydrogen-bond acceptors (Lipinski definition) is 1. The molecule has 0 amide bonds. The van der Waals surface area contributed by atoms with E-state index in [1.807, 2.05) is 0 Å². The fraction of sp³-hybridized carbons (Fsp3) is 0.667. The second kappa shape index (κ2) is 4.61. The molecule has 13 heavy (non-hydrogen) atoms. The van der Waals surface area contributed by atoms with Gasteiger partial charge in [0.05, 0.1) is 0 Å². The van der Waals surface area contributed by atoms with Gasteiger partial charge in [-0.25, -0.2) is 0 Å². The highest BCUT2D eigenvalue weighted by molar-refractivity contribution is 5.22. The van der Waals surface area contributed by atoms with Crippen LogP contribution in [0.4, 0.5) is 0 Å². The smallest absolute Gasteiger partial charge is 0.0284 e. The highest BCUT2D eigenvalue weighted by Gasteiger charge is 2.20. The fourth-order valence-corrected chi connectivity index (χ4v) is 1.87. The molecule has 0 aromatic carbocycles. The van der Waals surface area contributed by atoms with E-state index in [9.17, 15) is 0 Å². The van der Waals surface area contributed by atoms with E-state index >= 15 is 0 Å². The van der Waals surface area contributed by atoms with E-state index in [-0.39, 0.29) is 0 Å². The lowest BCUT2D eigenvalue weighted by molar-refractivity contribution is 0.371. The Kier molecular flexibility index (Phi) is 3.73. The number of allylic oxidation sites excluding steroid dienone is 3. The van der Waals surface area contributed by atoms with Gasteiger partial charge in [0.15, 0.2) is 0 Å². The molecule has 3 atom stereocenters. The molecular formula is C12H21N. The normalized spacial score (nSPS) is 34.2. The molecule has 0 aliphatic heterocycles. The van der Waals surface area contributed by atoms with E-state index in [0.29, 0.717) is 17.9 Å². The molecule has 0 heterocycles. The van der Waals surface area contributed by atoms with Crippen molar-refractivity contribution in [2.24, 2.45) is 11.8 Å². The van der Waals surface area contributed by atoms with Crippen molar-refractivity contribution >= 4 is 0 Å². The van der Waals surface area contributed by atoms with Crippen molar-refractivity contribution in [2.75, 3.05) is 6.54 Å². The summed E-state index contributed by atoms with van der Waals surface area (Å²) in [6.07, 6.45) is 6.88. The van der Waals surface area contributed by atoms with Crippen molar-refractivity contribution in [1.82, 2.24) is 5.32 Å². The molecule has 0 aromatic heterocycles. The molecule has 0 aromatic rings. The Hall–Kier alpha value is -0.560. The van der Waals surface area contributed by atoms with Crippen molar-refractivity contribution in [3.05, 3.63) is 23.8 Å². The van der Waals surface area contributed by atoms with E-state index in [2.05, 4.69) is 51.2 Å². The largest absolute Gasteiger partial charge is 0.310 e. The first-order valence-electron chi connectivity index (χ1n) is 5.25. The van der Waals surface area contributed by atoms with Crippen LogP contribution in [0.2, 0.25) is 0 Å². The molecule has 1 aliphatic rings. The van der Waals surface area contributed by atoms with Crippen LogP contribution in [0.25, 0.3) is 0 Å². The molecule has 0 fully saturated rings. The Balaban J connectivity index is 2.73. The third-order valence-corrected chi connectivity index (χ3v) is 2.93. The molecule has 0 bridgehead atoms. The zero-order valence-corrected chi connectivity index (χ0v) is 9.17. The highest BCUT2D eigenvalue weighted by Crippen LogP contribution is 2.22. The maximum atomic E-state index is 3.51. The van der Waals surface area contributed by atoms with Crippen LogP contribution in [0.3, 0.4) is 0 Å². The van der Waals surface area contributed by atoms with Crippen LogP contribution in [0.1, 0.15) is 27.7 Å². The van der Waals surface area contributed by atoms with Gasteiger partial charge in [-0.1, -0.05) is 44.6 Å². The number of nitrogens with one attached hydrogen (secondary N) is 1. The summed E-state index contributed by atoms with van der Waals surface area (Å²) in [6.45, 7) is 10.00. The summed E-state index contributed by atoms with van der Waals surface area (Å²) in [5, 5.41) is 3.51. The Morgan fingerprint density at radius 2 is 2.08 bits per heavy atom. The lowest BCUT2D eigenvalue weighted by Gasteiger charge is -2.24. The van der Waals surface area contributed by atoms with Gasteiger partial charge in [-0.3, -0.25) is 0 Å². The topological polar surface area (TPSA) is 12.0 Å². The maximum Gasteiger partial charge on any atom is 0.0284 e. The van der Waals surface area contributed by atoms with Crippen molar-refractivity contribution in [2.45, 2.75) is 33.7 Å². The van der Waals surface area contributed by atoms with Gasteiger partial charge in [0.2, 0.25) is 0 Å². The van der Waals surface area contributed by atoms with E-state index in [0.717, 1.165) is 6.54 Å². The van der Waals surface area contributed by atoms with Crippen LogP contribution in [-0.2, 0) is 0 Å². The summed E-state index contributed by atoms with van der Waals surface area (Å²) >= 11 is 0. The average Bonchev–Trinajstić information content (AvgIpc) is 2.19. The summed E-state index contributed by atoms with van der Waals surface area (Å²) < 4.78 is 0.